The molecule has 32 heavy (non-hydrogen) atoms. The van der Waals surface area contributed by atoms with Crippen LogP contribution in [-0.4, -0.2) is 26.9 Å². The lowest BCUT2D eigenvalue weighted by Gasteiger charge is -2.10. The van der Waals surface area contributed by atoms with Crippen molar-refractivity contribution < 1.29 is 18.8 Å². The number of carbonyl (C=O) groups is 2. The van der Waals surface area contributed by atoms with Gasteiger partial charge in [-0.3, -0.25) is 20.0 Å². The van der Waals surface area contributed by atoms with Crippen LogP contribution in [0.3, 0.4) is 0 Å². The number of aromatic nitrogens is 3. The maximum absolute atomic E-state index is 12.5. The van der Waals surface area contributed by atoms with Crippen LogP contribution in [0.5, 0.6) is 5.75 Å². The average Bonchev–Trinajstić information content (AvgIpc) is 3.31. The molecule has 0 aliphatic carbocycles. The number of para-hydroxylation sites is 1. The number of anilines is 1. The van der Waals surface area contributed by atoms with Crippen molar-refractivity contribution in [2.45, 2.75) is 6.61 Å². The van der Waals surface area contributed by atoms with Crippen molar-refractivity contribution in [3.63, 3.8) is 0 Å². The van der Waals surface area contributed by atoms with Crippen LogP contribution >= 0.6 is 0 Å². The molecule has 0 saturated heterocycles. The summed E-state index contributed by atoms with van der Waals surface area (Å²) >= 11 is 0. The van der Waals surface area contributed by atoms with Gasteiger partial charge in [0.25, 0.3) is 11.8 Å². The normalized spacial score (nSPS) is 10.4. The molecule has 2 heterocycles. The molecule has 160 valence electrons. The lowest BCUT2D eigenvalue weighted by molar-refractivity contribution is 0.0959. The van der Waals surface area contributed by atoms with E-state index in [1.807, 2.05) is 0 Å². The monoisotopic (exact) mass is 430 g/mol. The van der Waals surface area contributed by atoms with E-state index in [1.54, 1.807) is 73.1 Å². The fourth-order valence-corrected chi connectivity index (χ4v) is 2.83. The summed E-state index contributed by atoms with van der Waals surface area (Å²) in [6.07, 6.45) is 3.23. The molecule has 0 aliphatic rings. The van der Waals surface area contributed by atoms with Crippen molar-refractivity contribution in [2.75, 3.05) is 5.43 Å². The Hall–Kier alpha value is -4.73. The van der Waals surface area contributed by atoms with Gasteiger partial charge in [-0.2, -0.15) is 4.98 Å². The minimum absolute atomic E-state index is 0.0349. The number of pyridine rings is 1. The van der Waals surface area contributed by atoms with Gasteiger partial charge in [0, 0.05) is 23.5 Å². The number of carbonyl (C=O) groups excluding carboxylic acids is 2. The number of hydrogen-bond acceptors (Lipinski definition) is 8. The van der Waals surface area contributed by atoms with Gasteiger partial charge >= 0.3 is 6.01 Å². The van der Waals surface area contributed by atoms with E-state index in [2.05, 4.69) is 26.0 Å². The molecule has 0 aliphatic heterocycles. The van der Waals surface area contributed by atoms with Crippen molar-refractivity contribution in [1.82, 2.24) is 20.6 Å². The van der Waals surface area contributed by atoms with E-state index in [-0.39, 0.29) is 18.2 Å². The van der Waals surface area contributed by atoms with Crippen LogP contribution < -0.4 is 21.3 Å². The van der Waals surface area contributed by atoms with Gasteiger partial charge < -0.3 is 15.0 Å². The molecule has 0 saturated carbocycles. The minimum Gasteiger partial charge on any atom is -0.488 e. The van der Waals surface area contributed by atoms with E-state index in [9.17, 15) is 9.59 Å². The first-order valence-electron chi connectivity index (χ1n) is 9.51. The van der Waals surface area contributed by atoms with Crippen LogP contribution in [0.25, 0.3) is 11.4 Å². The van der Waals surface area contributed by atoms with Crippen molar-refractivity contribution in [3.05, 3.63) is 89.7 Å². The van der Waals surface area contributed by atoms with Crippen molar-refractivity contribution in [2.24, 2.45) is 5.73 Å². The van der Waals surface area contributed by atoms with Crippen LogP contribution in [0, 0.1) is 0 Å². The first-order chi connectivity index (χ1) is 15.6. The number of nitrogens with zero attached hydrogens (tertiary/aromatic N) is 3. The molecule has 10 heteroatoms. The summed E-state index contributed by atoms with van der Waals surface area (Å²) in [4.78, 5) is 32.1. The molecule has 0 bridgehead atoms. The van der Waals surface area contributed by atoms with Gasteiger partial charge in [0.15, 0.2) is 0 Å². The fourth-order valence-electron chi connectivity index (χ4n) is 2.83. The van der Waals surface area contributed by atoms with Crippen LogP contribution in [-0.2, 0) is 6.61 Å². The Morgan fingerprint density at radius 1 is 1.03 bits per heavy atom. The standard InChI is InChI=1S/C22H18N6O4/c23-19(29)17-6-1-2-7-18(17)31-13-14-4-3-5-16(12-14)21(30)26-27-22-25-20(28-32-22)15-8-10-24-11-9-15/h1-12H,13H2,(H2,23,29)(H,26,30)(H,25,27,28). The first kappa shape index (κ1) is 20.5. The highest BCUT2D eigenvalue weighted by molar-refractivity contribution is 5.95. The number of ether oxygens (including phenoxy) is 1. The van der Waals surface area contributed by atoms with Gasteiger partial charge in [-0.05, 0) is 42.0 Å². The summed E-state index contributed by atoms with van der Waals surface area (Å²) < 4.78 is 10.8. The Morgan fingerprint density at radius 2 is 1.84 bits per heavy atom. The summed E-state index contributed by atoms with van der Waals surface area (Å²) in [5.41, 5.74) is 12.6. The number of nitrogens with two attached hydrogens (primary N) is 1. The summed E-state index contributed by atoms with van der Waals surface area (Å²) in [6, 6.07) is 17.0. The topological polar surface area (TPSA) is 145 Å². The zero-order valence-corrected chi connectivity index (χ0v) is 16.7. The smallest absolute Gasteiger partial charge is 0.340 e. The highest BCUT2D eigenvalue weighted by atomic mass is 16.5. The Kier molecular flexibility index (Phi) is 6.03. The highest BCUT2D eigenvalue weighted by Crippen LogP contribution is 2.19. The Morgan fingerprint density at radius 3 is 2.66 bits per heavy atom. The second kappa shape index (κ2) is 9.39. The Labute approximate surface area is 182 Å². The average molecular weight is 430 g/mol. The van der Waals surface area contributed by atoms with Crippen molar-refractivity contribution >= 4 is 17.8 Å². The molecule has 4 N–H and O–H groups in total. The maximum atomic E-state index is 12.5. The third-order valence-electron chi connectivity index (χ3n) is 4.38. The second-order valence-electron chi connectivity index (χ2n) is 6.59. The van der Waals surface area contributed by atoms with Gasteiger partial charge in [-0.25, -0.2) is 5.43 Å². The molecular formula is C22H18N6O4. The highest BCUT2D eigenvalue weighted by Gasteiger charge is 2.12. The van der Waals surface area contributed by atoms with Crippen LogP contribution in [0.2, 0.25) is 0 Å². The van der Waals surface area contributed by atoms with E-state index < -0.39 is 11.8 Å². The predicted molar refractivity (Wildman–Crippen MR) is 114 cm³/mol. The van der Waals surface area contributed by atoms with Crippen molar-refractivity contribution in [3.8, 4) is 17.1 Å². The fraction of sp³-hybridized carbons (Fsp3) is 0.0455. The minimum atomic E-state index is -0.576. The van der Waals surface area contributed by atoms with Gasteiger partial charge in [-0.1, -0.05) is 29.4 Å². The molecule has 2 aromatic heterocycles. The number of amides is 2. The van der Waals surface area contributed by atoms with Crippen LogP contribution in [0.15, 0.2) is 77.6 Å². The number of benzene rings is 2. The van der Waals surface area contributed by atoms with Gasteiger partial charge in [0.1, 0.15) is 12.4 Å². The number of hydrogen-bond donors (Lipinski definition) is 3. The number of nitrogens with one attached hydrogen (secondary N) is 2. The van der Waals surface area contributed by atoms with E-state index >= 15 is 0 Å². The maximum Gasteiger partial charge on any atom is 0.340 e. The predicted octanol–water partition coefficient (Wildman–Crippen LogP) is 2.57. The Balaban J connectivity index is 1.37. The lowest BCUT2D eigenvalue weighted by atomic mass is 10.1. The molecule has 2 aromatic carbocycles. The first-order valence-corrected chi connectivity index (χ1v) is 9.51. The molecule has 0 atom stereocenters. The van der Waals surface area contributed by atoms with Gasteiger partial charge in [0.05, 0.1) is 5.56 Å². The van der Waals surface area contributed by atoms with E-state index in [0.717, 1.165) is 11.1 Å². The molecule has 0 spiro atoms. The third kappa shape index (κ3) is 4.87. The Bertz CT molecular complexity index is 1240. The zero-order valence-electron chi connectivity index (χ0n) is 16.7. The van der Waals surface area contributed by atoms with E-state index in [4.69, 9.17) is 15.0 Å². The van der Waals surface area contributed by atoms with Crippen molar-refractivity contribution in [1.29, 1.82) is 0 Å². The summed E-state index contributed by atoms with van der Waals surface area (Å²) in [6.45, 7) is 0.151. The van der Waals surface area contributed by atoms with Crippen LogP contribution in [0.4, 0.5) is 6.01 Å². The van der Waals surface area contributed by atoms with E-state index in [1.165, 1.54) is 0 Å². The molecule has 0 fully saturated rings. The molecule has 2 amide bonds. The number of rotatable bonds is 8. The number of primary amides is 1. The molecule has 4 rings (SSSR count). The second-order valence-corrected chi connectivity index (χ2v) is 6.59. The lowest BCUT2D eigenvalue weighted by Crippen LogP contribution is -2.29. The summed E-state index contributed by atoms with van der Waals surface area (Å²) in [7, 11) is 0. The SMILES string of the molecule is NC(=O)c1ccccc1OCc1cccc(C(=O)NNc2nc(-c3ccncc3)no2)c1. The summed E-state index contributed by atoms with van der Waals surface area (Å²) in [5, 5.41) is 3.85. The van der Waals surface area contributed by atoms with Gasteiger partial charge in [0.2, 0.25) is 5.82 Å². The molecule has 4 aromatic rings. The quantitative estimate of drug-likeness (QED) is 0.362. The van der Waals surface area contributed by atoms with Crippen LogP contribution in [0.1, 0.15) is 26.3 Å². The zero-order chi connectivity index (χ0) is 22.3. The third-order valence-corrected chi connectivity index (χ3v) is 4.38. The van der Waals surface area contributed by atoms with Gasteiger partial charge in [-0.15, -0.1) is 0 Å². The molecule has 10 nitrogen and oxygen atoms in total. The molecule has 0 radical (unpaired) electrons. The molecular weight excluding hydrogens is 412 g/mol. The van der Waals surface area contributed by atoms with E-state index in [0.29, 0.717) is 17.1 Å². The molecule has 0 unspecified atom stereocenters. The largest absolute Gasteiger partial charge is 0.488 e. The summed E-state index contributed by atoms with van der Waals surface area (Å²) in [5.74, 6) is -0.251. The number of hydrazine groups is 1.